The van der Waals surface area contributed by atoms with Gasteiger partial charge in [0.25, 0.3) is 5.91 Å². The molecule has 0 saturated heterocycles. The first-order valence-corrected chi connectivity index (χ1v) is 6.59. The number of nitrogens with two attached hydrogens (primary N) is 1. The van der Waals surface area contributed by atoms with Crippen LogP contribution < -0.4 is 11.1 Å². The Morgan fingerprint density at radius 1 is 1.50 bits per heavy atom. The van der Waals surface area contributed by atoms with Crippen molar-refractivity contribution in [1.29, 1.82) is 0 Å². The summed E-state index contributed by atoms with van der Waals surface area (Å²) < 4.78 is 0. The average Bonchev–Trinajstić information content (AvgIpc) is 2.43. The fourth-order valence-corrected chi connectivity index (χ4v) is 2.50. The number of carbonyl (C=O) groups excluding carboxylic acids is 1. The van der Waals surface area contributed by atoms with Crippen LogP contribution in [0.2, 0.25) is 0 Å². The largest absolute Gasteiger partial charge is 0.344 e. The van der Waals surface area contributed by atoms with Gasteiger partial charge in [-0.15, -0.1) is 0 Å². The molecule has 1 aliphatic rings. The third kappa shape index (κ3) is 2.88. The number of nitrogens with one attached hydrogen (secondary N) is 1. The zero-order valence-corrected chi connectivity index (χ0v) is 10.9. The van der Waals surface area contributed by atoms with Gasteiger partial charge >= 0.3 is 0 Å². The summed E-state index contributed by atoms with van der Waals surface area (Å²) in [6.45, 7) is 2.75. The minimum absolute atomic E-state index is 0.115. The van der Waals surface area contributed by atoms with Gasteiger partial charge in [0.15, 0.2) is 0 Å². The minimum Gasteiger partial charge on any atom is -0.344 e. The Kier molecular flexibility index (Phi) is 3.97. The molecule has 1 heterocycles. The van der Waals surface area contributed by atoms with Gasteiger partial charge in [-0.05, 0) is 43.7 Å². The normalized spacial score (nSPS) is 27.8. The molecule has 1 aliphatic carbocycles. The first-order valence-electron chi connectivity index (χ1n) is 6.59. The van der Waals surface area contributed by atoms with Crippen LogP contribution in [-0.2, 0) is 0 Å². The lowest BCUT2D eigenvalue weighted by Gasteiger charge is -2.39. The maximum atomic E-state index is 12.1. The lowest BCUT2D eigenvalue weighted by Crippen LogP contribution is -2.55. The lowest BCUT2D eigenvalue weighted by molar-refractivity contribution is 0.0855. The molecule has 0 aromatic carbocycles. The zero-order chi connectivity index (χ0) is 13.0. The highest BCUT2D eigenvalue weighted by Gasteiger charge is 2.34. The molecule has 4 nitrogen and oxygen atoms in total. The van der Waals surface area contributed by atoms with Crippen LogP contribution in [-0.4, -0.2) is 23.0 Å². The highest BCUT2D eigenvalue weighted by Crippen LogP contribution is 2.31. The Balaban J connectivity index is 2.05. The molecule has 1 saturated carbocycles. The minimum atomic E-state index is -0.235. The van der Waals surface area contributed by atoms with Crippen molar-refractivity contribution in [3.8, 4) is 0 Å². The summed E-state index contributed by atoms with van der Waals surface area (Å²) in [4.78, 5) is 16.2. The molecule has 1 aromatic heterocycles. The standard InChI is InChI=1S/C14H21N3O/c1-11-5-7-14(10-15,8-6-11)17-13(18)12-4-2-3-9-16-12/h2-4,9,11H,5-8,10,15H2,1H3,(H,17,18). The third-order valence-electron chi connectivity index (χ3n) is 3.90. The van der Waals surface area contributed by atoms with Crippen molar-refractivity contribution in [3.63, 3.8) is 0 Å². The molecule has 0 atom stereocenters. The molecule has 18 heavy (non-hydrogen) atoms. The monoisotopic (exact) mass is 247 g/mol. The van der Waals surface area contributed by atoms with E-state index >= 15 is 0 Å². The highest BCUT2D eigenvalue weighted by molar-refractivity contribution is 5.92. The van der Waals surface area contributed by atoms with E-state index in [1.807, 2.05) is 6.07 Å². The van der Waals surface area contributed by atoms with Crippen LogP contribution in [0.1, 0.15) is 43.1 Å². The van der Waals surface area contributed by atoms with Crippen molar-refractivity contribution in [3.05, 3.63) is 30.1 Å². The number of amides is 1. The van der Waals surface area contributed by atoms with E-state index in [2.05, 4.69) is 17.2 Å². The van der Waals surface area contributed by atoms with Gasteiger partial charge in [-0.25, -0.2) is 0 Å². The second-order valence-electron chi connectivity index (χ2n) is 5.34. The topological polar surface area (TPSA) is 68.0 Å². The summed E-state index contributed by atoms with van der Waals surface area (Å²) in [6.07, 6.45) is 5.80. The molecule has 98 valence electrons. The zero-order valence-electron chi connectivity index (χ0n) is 10.9. The summed E-state index contributed by atoms with van der Waals surface area (Å²) in [5.41, 5.74) is 6.10. The molecule has 3 N–H and O–H groups in total. The van der Waals surface area contributed by atoms with E-state index < -0.39 is 0 Å². The van der Waals surface area contributed by atoms with Gasteiger partial charge in [0.05, 0.1) is 5.54 Å². The summed E-state index contributed by atoms with van der Waals surface area (Å²) in [6, 6.07) is 5.35. The van der Waals surface area contributed by atoms with E-state index in [0.29, 0.717) is 12.2 Å². The van der Waals surface area contributed by atoms with Crippen molar-refractivity contribution in [1.82, 2.24) is 10.3 Å². The van der Waals surface area contributed by atoms with Gasteiger partial charge in [0, 0.05) is 12.7 Å². The molecule has 0 aliphatic heterocycles. The molecule has 2 rings (SSSR count). The van der Waals surface area contributed by atoms with E-state index in [1.165, 1.54) is 0 Å². The van der Waals surface area contributed by atoms with Crippen molar-refractivity contribution in [2.75, 3.05) is 6.54 Å². The number of hydrogen-bond donors (Lipinski definition) is 2. The Morgan fingerprint density at radius 3 is 2.78 bits per heavy atom. The summed E-state index contributed by atoms with van der Waals surface area (Å²) >= 11 is 0. The smallest absolute Gasteiger partial charge is 0.270 e. The number of aromatic nitrogens is 1. The van der Waals surface area contributed by atoms with E-state index in [1.54, 1.807) is 18.3 Å². The van der Waals surface area contributed by atoms with Gasteiger partial charge < -0.3 is 11.1 Å². The van der Waals surface area contributed by atoms with Crippen LogP contribution in [0.4, 0.5) is 0 Å². The Morgan fingerprint density at radius 2 is 2.22 bits per heavy atom. The van der Waals surface area contributed by atoms with Crippen molar-refractivity contribution >= 4 is 5.91 Å². The van der Waals surface area contributed by atoms with E-state index in [-0.39, 0.29) is 11.4 Å². The first kappa shape index (κ1) is 13.0. The summed E-state index contributed by atoms with van der Waals surface area (Å²) in [5.74, 6) is 0.618. The molecule has 0 bridgehead atoms. The van der Waals surface area contributed by atoms with Crippen LogP contribution in [0, 0.1) is 5.92 Å². The first-order chi connectivity index (χ1) is 8.65. The molecular weight excluding hydrogens is 226 g/mol. The Labute approximate surface area is 108 Å². The molecule has 0 radical (unpaired) electrons. The predicted molar refractivity (Wildman–Crippen MR) is 71.1 cm³/mol. The summed E-state index contributed by atoms with van der Waals surface area (Å²) in [5, 5.41) is 3.09. The average molecular weight is 247 g/mol. The number of pyridine rings is 1. The number of carbonyl (C=O) groups is 1. The fourth-order valence-electron chi connectivity index (χ4n) is 2.50. The molecule has 1 amide bonds. The second kappa shape index (κ2) is 5.48. The van der Waals surface area contributed by atoms with E-state index in [4.69, 9.17) is 5.73 Å². The quantitative estimate of drug-likeness (QED) is 0.854. The number of nitrogens with zero attached hydrogens (tertiary/aromatic N) is 1. The van der Waals surface area contributed by atoms with E-state index in [9.17, 15) is 4.79 Å². The van der Waals surface area contributed by atoms with Gasteiger partial charge in [-0.2, -0.15) is 0 Å². The van der Waals surface area contributed by atoms with Gasteiger partial charge in [-0.1, -0.05) is 13.0 Å². The van der Waals surface area contributed by atoms with Crippen molar-refractivity contribution in [2.45, 2.75) is 38.1 Å². The van der Waals surface area contributed by atoms with Crippen LogP contribution in [0.15, 0.2) is 24.4 Å². The molecule has 0 unspecified atom stereocenters. The Hall–Kier alpha value is -1.42. The molecule has 0 spiro atoms. The van der Waals surface area contributed by atoms with Crippen molar-refractivity contribution < 1.29 is 4.79 Å². The van der Waals surface area contributed by atoms with Gasteiger partial charge in [0.2, 0.25) is 0 Å². The van der Waals surface area contributed by atoms with Crippen LogP contribution >= 0.6 is 0 Å². The predicted octanol–water partition coefficient (Wildman–Crippen LogP) is 1.72. The Bertz CT molecular complexity index is 397. The number of hydrogen-bond acceptors (Lipinski definition) is 3. The molecule has 1 aromatic rings. The van der Waals surface area contributed by atoms with Gasteiger partial charge in [-0.3, -0.25) is 9.78 Å². The fraction of sp³-hybridized carbons (Fsp3) is 0.571. The van der Waals surface area contributed by atoms with E-state index in [0.717, 1.165) is 31.6 Å². The second-order valence-corrected chi connectivity index (χ2v) is 5.34. The van der Waals surface area contributed by atoms with Crippen LogP contribution in [0.3, 0.4) is 0 Å². The maximum Gasteiger partial charge on any atom is 0.270 e. The van der Waals surface area contributed by atoms with Gasteiger partial charge in [0.1, 0.15) is 5.69 Å². The maximum absolute atomic E-state index is 12.1. The molecule has 4 heteroatoms. The highest BCUT2D eigenvalue weighted by atomic mass is 16.2. The SMILES string of the molecule is CC1CCC(CN)(NC(=O)c2ccccn2)CC1. The van der Waals surface area contributed by atoms with Crippen molar-refractivity contribution in [2.24, 2.45) is 11.7 Å². The summed E-state index contributed by atoms with van der Waals surface area (Å²) in [7, 11) is 0. The molecule has 1 fully saturated rings. The third-order valence-corrected chi connectivity index (χ3v) is 3.90. The van der Waals surface area contributed by atoms with Crippen LogP contribution in [0.25, 0.3) is 0 Å². The van der Waals surface area contributed by atoms with Crippen LogP contribution in [0.5, 0.6) is 0 Å². The molecular formula is C14H21N3O. The number of rotatable bonds is 3. The lowest BCUT2D eigenvalue weighted by atomic mass is 9.77.